The minimum Gasteiger partial charge on any atom is -0.489 e. The third kappa shape index (κ3) is 4.66. The molecule has 0 heterocycles. The van der Waals surface area contributed by atoms with Crippen LogP contribution in [0.4, 0.5) is 0 Å². The van der Waals surface area contributed by atoms with Crippen molar-refractivity contribution in [2.75, 3.05) is 6.61 Å². The third-order valence-electron chi connectivity index (χ3n) is 5.38. The molecule has 3 nitrogen and oxygen atoms in total. The Morgan fingerprint density at radius 2 is 1.38 bits per heavy atom. The quantitative estimate of drug-likeness (QED) is 0.633. The zero-order valence-electron chi connectivity index (χ0n) is 16.9. The van der Waals surface area contributed by atoms with Gasteiger partial charge in [0.05, 0.1) is 6.61 Å². The molecule has 0 spiro atoms. The lowest BCUT2D eigenvalue weighted by atomic mass is 9.90. The molecule has 2 rings (SSSR count). The molecule has 0 atom stereocenters. The van der Waals surface area contributed by atoms with E-state index < -0.39 is 0 Å². The lowest BCUT2D eigenvalue weighted by molar-refractivity contribution is -0.143. The maximum absolute atomic E-state index is 11.4. The molecule has 3 heteroatoms. The molecule has 0 aromatic heterocycles. The van der Waals surface area contributed by atoms with Crippen LogP contribution < -0.4 is 4.74 Å². The van der Waals surface area contributed by atoms with Gasteiger partial charge in [-0.05, 0) is 99.0 Å². The minimum absolute atomic E-state index is 0.149. The summed E-state index contributed by atoms with van der Waals surface area (Å²) >= 11 is 0. The van der Waals surface area contributed by atoms with Gasteiger partial charge < -0.3 is 9.47 Å². The monoisotopic (exact) mass is 354 g/mol. The maximum atomic E-state index is 11.4. The van der Waals surface area contributed by atoms with Crippen LogP contribution in [0.25, 0.3) is 0 Å². The molecule has 26 heavy (non-hydrogen) atoms. The van der Waals surface area contributed by atoms with Gasteiger partial charge in [-0.2, -0.15) is 0 Å². The van der Waals surface area contributed by atoms with E-state index in [0.717, 1.165) is 11.3 Å². The van der Waals surface area contributed by atoms with Crippen molar-refractivity contribution in [1.82, 2.24) is 0 Å². The van der Waals surface area contributed by atoms with E-state index in [1.807, 2.05) is 31.2 Å². The van der Waals surface area contributed by atoms with Gasteiger partial charge in [-0.1, -0.05) is 12.1 Å². The molecule has 2 aromatic carbocycles. The van der Waals surface area contributed by atoms with Crippen LogP contribution >= 0.6 is 0 Å². The van der Waals surface area contributed by atoms with E-state index in [1.54, 1.807) is 0 Å². The summed E-state index contributed by atoms with van der Waals surface area (Å²) in [5.41, 5.74) is 9.09. The summed E-state index contributed by atoms with van der Waals surface area (Å²) in [5.74, 6) is 0.698. The zero-order valence-corrected chi connectivity index (χ0v) is 16.9. The van der Waals surface area contributed by atoms with Crippen molar-refractivity contribution in [3.63, 3.8) is 0 Å². The van der Waals surface area contributed by atoms with Crippen LogP contribution in [0.3, 0.4) is 0 Å². The molecule has 0 radical (unpaired) electrons. The molecule has 0 saturated heterocycles. The van der Waals surface area contributed by atoms with Crippen LogP contribution in [-0.4, -0.2) is 12.6 Å². The standard InChI is InChI=1S/C23H30O3/c1-7-25-23(24)13-10-20-8-11-21(12-9-20)26-14-22-18(5)16(3)15(2)17(4)19(22)6/h8-9,11-12H,7,10,13-14H2,1-6H3. The molecule has 0 N–H and O–H groups in total. The van der Waals surface area contributed by atoms with Gasteiger partial charge in [-0.3, -0.25) is 4.79 Å². The Kier molecular flexibility index (Phi) is 6.84. The second-order valence-electron chi connectivity index (χ2n) is 6.84. The first-order chi connectivity index (χ1) is 12.3. The fraction of sp³-hybridized carbons (Fsp3) is 0.435. The van der Waals surface area contributed by atoms with Gasteiger partial charge in [0.1, 0.15) is 12.4 Å². The average molecular weight is 354 g/mol. The third-order valence-corrected chi connectivity index (χ3v) is 5.38. The lowest BCUT2D eigenvalue weighted by Gasteiger charge is -2.19. The fourth-order valence-electron chi connectivity index (χ4n) is 3.18. The number of aryl methyl sites for hydroxylation is 1. The Labute approximate surface area is 157 Å². The highest BCUT2D eigenvalue weighted by Crippen LogP contribution is 2.27. The first-order valence-electron chi connectivity index (χ1n) is 9.28. The minimum atomic E-state index is -0.149. The normalized spacial score (nSPS) is 10.7. The molecule has 140 valence electrons. The predicted octanol–water partition coefficient (Wildman–Crippen LogP) is 5.30. The van der Waals surface area contributed by atoms with Crippen molar-refractivity contribution in [3.05, 3.63) is 63.2 Å². The number of hydrogen-bond acceptors (Lipinski definition) is 3. The average Bonchev–Trinajstić information content (AvgIpc) is 2.64. The summed E-state index contributed by atoms with van der Waals surface area (Å²) in [6.07, 6.45) is 1.10. The zero-order chi connectivity index (χ0) is 19.3. The Morgan fingerprint density at radius 1 is 0.846 bits per heavy atom. The van der Waals surface area contributed by atoms with E-state index in [9.17, 15) is 4.79 Å². The van der Waals surface area contributed by atoms with Crippen LogP contribution in [0, 0.1) is 34.6 Å². The first kappa shape index (κ1) is 20.0. The fourth-order valence-corrected chi connectivity index (χ4v) is 3.18. The van der Waals surface area contributed by atoms with Gasteiger partial charge in [-0.15, -0.1) is 0 Å². The number of hydrogen-bond donors (Lipinski definition) is 0. The Hall–Kier alpha value is -2.29. The molecule has 0 unspecified atom stereocenters. The van der Waals surface area contributed by atoms with Crippen LogP contribution in [0.2, 0.25) is 0 Å². The van der Waals surface area contributed by atoms with Gasteiger partial charge in [0.25, 0.3) is 0 Å². The van der Waals surface area contributed by atoms with Crippen LogP contribution in [0.15, 0.2) is 24.3 Å². The van der Waals surface area contributed by atoms with Crippen molar-refractivity contribution < 1.29 is 14.3 Å². The summed E-state index contributed by atoms with van der Waals surface area (Å²) < 4.78 is 11.0. The number of ether oxygens (including phenoxy) is 2. The van der Waals surface area contributed by atoms with Crippen LogP contribution in [0.5, 0.6) is 5.75 Å². The summed E-state index contributed by atoms with van der Waals surface area (Å²) in [4.78, 5) is 11.4. The van der Waals surface area contributed by atoms with Crippen molar-refractivity contribution in [1.29, 1.82) is 0 Å². The van der Waals surface area contributed by atoms with Crippen molar-refractivity contribution >= 4 is 5.97 Å². The lowest BCUT2D eigenvalue weighted by Crippen LogP contribution is -2.06. The van der Waals surface area contributed by atoms with E-state index in [4.69, 9.17) is 9.47 Å². The Morgan fingerprint density at radius 3 is 1.92 bits per heavy atom. The highest BCUT2D eigenvalue weighted by molar-refractivity contribution is 5.69. The van der Waals surface area contributed by atoms with Crippen LogP contribution in [0.1, 0.15) is 52.3 Å². The van der Waals surface area contributed by atoms with Crippen molar-refractivity contribution in [3.8, 4) is 5.75 Å². The van der Waals surface area contributed by atoms with E-state index in [-0.39, 0.29) is 5.97 Å². The van der Waals surface area contributed by atoms with Gasteiger partial charge in [0.15, 0.2) is 0 Å². The summed E-state index contributed by atoms with van der Waals surface area (Å²) in [5, 5.41) is 0. The van der Waals surface area contributed by atoms with E-state index in [2.05, 4.69) is 34.6 Å². The Balaban J connectivity index is 2.02. The smallest absolute Gasteiger partial charge is 0.306 e. The van der Waals surface area contributed by atoms with E-state index in [1.165, 1.54) is 33.4 Å². The van der Waals surface area contributed by atoms with E-state index in [0.29, 0.717) is 26.1 Å². The molecule has 0 aliphatic carbocycles. The molecular formula is C23H30O3. The highest BCUT2D eigenvalue weighted by Gasteiger charge is 2.12. The maximum Gasteiger partial charge on any atom is 0.306 e. The number of carbonyl (C=O) groups excluding carboxylic acids is 1. The molecule has 0 saturated carbocycles. The summed E-state index contributed by atoms with van der Waals surface area (Å²) in [7, 11) is 0. The largest absolute Gasteiger partial charge is 0.489 e. The van der Waals surface area contributed by atoms with E-state index >= 15 is 0 Å². The number of benzene rings is 2. The van der Waals surface area contributed by atoms with Gasteiger partial charge >= 0.3 is 5.97 Å². The second kappa shape index (κ2) is 8.88. The van der Waals surface area contributed by atoms with Gasteiger partial charge in [0.2, 0.25) is 0 Å². The molecule has 2 aromatic rings. The molecular weight excluding hydrogens is 324 g/mol. The van der Waals surface area contributed by atoms with Crippen molar-refractivity contribution in [2.24, 2.45) is 0 Å². The summed E-state index contributed by atoms with van der Waals surface area (Å²) in [6, 6.07) is 7.97. The first-order valence-corrected chi connectivity index (χ1v) is 9.28. The highest BCUT2D eigenvalue weighted by atomic mass is 16.5. The molecule has 0 aliphatic heterocycles. The number of rotatable bonds is 7. The predicted molar refractivity (Wildman–Crippen MR) is 106 cm³/mol. The number of esters is 1. The molecule has 0 amide bonds. The van der Waals surface area contributed by atoms with Gasteiger partial charge in [0, 0.05) is 6.42 Å². The van der Waals surface area contributed by atoms with Crippen LogP contribution in [-0.2, 0) is 22.6 Å². The molecule has 0 fully saturated rings. The van der Waals surface area contributed by atoms with Crippen molar-refractivity contribution in [2.45, 2.75) is 61.0 Å². The van der Waals surface area contributed by atoms with Gasteiger partial charge in [-0.25, -0.2) is 0 Å². The second-order valence-corrected chi connectivity index (χ2v) is 6.84. The Bertz CT molecular complexity index is 744. The number of carbonyl (C=O) groups is 1. The SMILES string of the molecule is CCOC(=O)CCc1ccc(OCc2c(C)c(C)c(C)c(C)c2C)cc1. The topological polar surface area (TPSA) is 35.5 Å². The molecule has 0 aliphatic rings. The molecule has 0 bridgehead atoms. The summed E-state index contributed by atoms with van der Waals surface area (Å²) in [6.45, 7) is 13.7.